The van der Waals surface area contributed by atoms with Gasteiger partial charge in [0.05, 0.1) is 23.5 Å². The molecule has 2 aliphatic rings. The Morgan fingerprint density at radius 3 is 2.62 bits per heavy atom. The van der Waals surface area contributed by atoms with Gasteiger partial charge in [0.2, 0.25) is 0 Å². The lowest BCUT2D eigenvalue weighted by Crippen LogP contribution is -2.37. The van der Waals surface area contributed by atoms with Crippen molar-refractivity contribution in [2.24, 2.45) is 0 Å². The first-order valence-electron chi connectivity index (χ1n) is 14.6. The number of carbonyl (C=O) groups is 1. The molecule has 1 aromatic carbocycles. The molecule has 10 nitrogen and oxygen atoms in total. The first kappa shape index (κ1) is 28.1. The van der Waals surface area contributed by atoms with Gasteiger partial charge in [0.1, 0.15) is 23.5 Å². The number of hydrogen-bond donors (Lipinski definition) is 2. The van der Waals surface area contributed by atoms with Crippen molar-refractivity contribution in [3.05, 3.63) is 84.1 Å². The standard InChI is InChI=1S/C32H39N8O2/c1-20-33-26(31(2,3)4)18-27(34-20)36-30(41)35-24-13-14-25(23-11-8-7-10-22(23)24)42-21-12-15-28-37-38-29(40(28)19-21)32(5)16-9-17-39(32)6/h7-8,10-12,15,18-19,24-25H,1,9,13-14,16-17H2,2-6H3,(H2,33,34,35,36,41)/t24-,25+,32-/m0/s1. The summed E-state index contributed by atoms with van der Waals surface area (Å²) in [4.78, 5) is 24.2. The number of ether oxygens (including phenoxy) is 1. The SMILES string of the molecule is [CH2]c1nc(NC(=O)N[C@H]2CC[C@@H](Oc3ccc4nnc([C@]5(C)CCCN5C)n4c3)c3ccccc32)cc(C(C)(C)C)n1. The summed E-state index contributed by atoms with van der Waals surface area (Å²) in [6.07, 6.45) is 5.52. The van der Waals surface area contributed by atoms with Crippen LogP contribution in [0.15, 0.2) is 48.7 Å². The number of pyridine rings is 1. The summed E-state index contributed by atoms with van der Waals surface area (Å²) in [5, 5.41) is 15.0. The fraction of sp³-hybridized carbons (Fsp3) is 0.438. The van der Waals surface area contributed by atoms with Gasteiger partial charge >= 0.3 is 6.03 Å². The molecule has 10 heteroatoms. The monoisotopic (exact) mass is 567 g/mol. The third-order valence-electron chi connectivity index (χ3n) is 8.66. The van der Waals surface area contributed by atoms with E-state index in [1.54, 1.807) is 6.07 Å². The number of nitrogens with one attached hydrogen (secondary N) is 2. The number of benzene rings is 1. The number of hydrogen-bond acceptors (Lipinski definition) is 7. The van der Waals surface area contributed by atoms with Crippen LogP contribution in [0.3, 0.4) is 0 Å². The number of fused-ring (bicyclic) bond motifs is 2. The van der Waals surface area contributed by atoms with Crippen molar-refractivity contribution in [1.82, 2.24) is 34.8 Å². The van der Waals surface area contributed by atoms with Crippen molar-refractivity contribution < 1.29 is 9.53 Å². The van der Waals surface area contributed by atoms with Crippen molar-refractivity contribution in [3.8, 4) is 5.75 Å². The molecule has 1 fully saturated rings. The number of aromatic nitrogens is 5. The highest BCUT2D eigenvalue weighted by molar-refractivity contribution is 5.88. The highest BCUT2D eigenvalue weighted by Gasteiger charge is 2.39. The second-order valence-electron chi connectivity index (χ2n) is 12.7. The van der Waals surface area contributed by atoms with Crippen LogP contribution in [0, 0.1) is 6.92 Å². The van der Waals surface area contributed by atoms with E-state index in [9.17, 15) is 4.79 Å². The van der Waals surface area contributed by atoms with E-state index in [4.69, 9.17) is 4.74 Å². The largest absolute Gasteiger partial charge is 0.484 e. The Hall–Kier alpha value is -4.05. The summed E-state index contributed by atoms with van der Waals surface area (Å²) < 4.78 is 8.67. The second kappa shape index (κ2) is 10.7. The smallest absolute Gasteiger partial charge is 0.320 e. The van der Waals surface area contributed by atoms with Crippen LogP contribution < -0.4 is 15.4 Å². The Bertz CT molecular complexity index is 1630. The van der Waals surface area contributed by atoms with Gasteiger partial charge in [0.15, 0.2) is 11.5 Å². The zero-order valence-electron chi connectivity index (χ0n) is 25.0. The van der Waals surface area contributed by atoms with E-state index in [2.05, 4.69) is 93.9 Å². The predicted molar refractivity (Wildman–Crippen MR) is 161 cm³/mol. The Balaban J connectivity index is 1.19. The third-order valence-corrected chi connectivity index (χ3v) is 8.66. The fourth-order valence-corrected chi connectivity index (χ4v) is 6.13. The van der Waals surface area contributed by atoms with Gasteiger partial charge in [-0.3, -0.25) is 14.6 Å². The summed E-state index contributed by atoms with van der Waals surface area (Å²) in [5.41, 5.74) is 3.39. The average Bonchev–Trinajstić information content (AvgIpc) is 3.52. The van der Waals surface area contributed by atoms with Gasteiger partial charge in [-0.15, -0.1) is 10.2 Å². The van der Waals surface area contributed by atoms with Crippen LogP contribution in [0.25, 0.3) is 5.65 Å². The number of amides is 2. The Kier molecular flexibility index (Phi) is 7.12. The van der Waals surface area contributed by atoms with Crippen LogP contribution in [0.4, 0.5) is 10.6 Å². The number of urea groups is 1. The maximum atomic E-state index is 13.1. The summed E-state index contributed by atoms with van der Waals surface area (Å²) in [6.45, 7) is 13.3. The zero-order chi connectivity index (χ0) is 29.6. The molecule has 0 spiro atoms. The van der Waals surface area contributed by atoms with E-state index in [1.165, 1.54) is 0 Å². The molecule has 1 aliphatic carbocycles. The third kappa shape index (κ3) is 5.31. The highest BCUT2D eigenvalue weighted by atomic mass is 16.5. The minimum absolute atomic E-state index is 0.144. The summed E-state index contributed by atoms with van der Waals surface area (Å²) in [6, 6.07) is 13.4. The van der Waals surface area contributed by atoms with Gasteiger partial charge in [0.25, 0.3) is 0 Å². The maximum Gasteiger partial charge on any atom is 0.320 e. The maximum absolute atomic E-state index is 13.1. The molecule has 2 amide bonds. The first-order chi connectivity index (χ1) is 20.0. The Labute approximate surface area is 246 Å². The number of nitrogens with zero attached hydrogens (tertiary/aromatic N) is 6. The molecule has 0 bridgehead atoms. The molecule has 3 atom stereocenters. The fourth-order valence-electron chi connectivity index (χ4n) is 6.13. The predicted octanol–water partition coefficient (Wildman–Crippen LogP) is 5.72. The number of carbonyl (C=O) groups excluding carboxylic acids is 1. The quantitative estimate of drug-likeness (QED) is 0.318. The van der Waals surface area contributed by atoms with Gasteiger partial charge in [0, 0.05) is 18.4 Å². The number of rotatable bonds is 5. The second-order valence-corrected chi connectivity index (χ2v) is 12.7. The molecule has 1 aliphatic heterocycles. The van der Waals surface area contributed by atoms with Crippen molar-refractivity contribution >= 4 is 17.5 Å². The van der Waals surface area contributed by atoms with Crippen LogP contribution in [-0.4, -0.2) is 49.1 Å². The molecule has 1 radical (unpaired) electrons. The normalized spacial score (nSPS) is 22.6. The molecular weight excluding hydrogens is 528 g/mol. The van der Waals surface area contributed by atoms with Crippen LogP contribution in [-0.2, 0) is 11.0 Å². The van der Waals surface area contributed by atoms with Gasteiger partial charge in [-0.1, -0.05) is 45.0 Å². The number of likely N-dealkylation sites (tertiary alicyclic amines) is 1. The van der Waals surface area contributed by atoms with Crippen LogP contribution in [0.2, 0.25) is 0 Å². The van der Waals surface area contributed by atoms with E-state index < -0.39 is 0 Å². The summed E-state index contributed by atoms with van der Waals surface area (Å²) >= 11 is 0. The van der Waals surface area contributed by atoms with Gasteiger partial charge in [-0.25, -0.2) is 14.8 Å². The zero-order valence-corrected chi connectivity index (χ0v) is 25.0. The molecule has 2 N–H and O–H groups in total. The van der Waals surface area contributed by atoms with Crippen LogP contribution >= 0.6 is 0 Å². The van der Waals surface area contributed by atoms with Gasteiger partial charge < -0.3 is 10.1 Å². The lowest BCUT2D eigenvalue weighted by molar-refractivity contribution is 0.170. The molecular formula is C32H39N8O2. The average molecular weight is 568 g/mol. The number of anilines is 1. The summed E-state index contributed by atoms with van der Waals surface area (Å²) in [7, 11) is 2.15. The van der Waals surface area contributed by atoms with E-state index in [0.717, 1.165) is 66.3 Å². The Morgan fingerprint density at radius 2 is 1.88 bits per heavy atom. The molecule has 0 unspecified atom stereocenters. The Morgan fingerprint density at radius 1 is 1.10 bits per heavy atom. The van der Waals surface area contributed by atoms with E-state index in [0.29, 0.717) is 11.6 Å². The van der Waals surface area contributed by atoms with Crippen molar-refractivity contribution in [2.45, 2.75) is 76.5 Å². The van der Waals surface area contributed by atoms with Crippen molar-refractivity contribution in [1.29, 1.82) is 0 Å². The van der Waals surface area contributed by atoms with Gasteiger partial charge in [-0.2, -0.15) is 0 Å². The van der Waals surface area contributed by atoms with Gasteiger partial charge in [-0.05, 0) is 69.5 Å². The summed E-state index contributed by atoms with van der Waals surface area (Å²) in [5.74, 6) is 2.51. The van der Waals surface area contributed by atoms with Crippen LogP contribution in [0.5, 0.6) is 5.75 Å². The topological polar surface area (TPSA) is 110 Å². The van der Waals surface area contributed by atoms with Crippen LogP contribution in [0.1, 0.15) is 94.0 Å². The van der Waals surface area contributed by atoms with Crippen molar-refractivity contribution in [2.75, 3.05) is 18.9 Å². The molecule has 4 aromatic rings. The van der Waals surface area contributed by atoms with E-state index in [1.807, 2.05) is 30.5 Å². The highest BCUT2D eigenvalue weighted by Crippen LogP contribution is 2.40. The molecule has 4 heterocycles. The van der Waals surface area contributed by atoms with E-state index >= 15 is 0 Å². The van der Waals surface area contributed by atoms with Crippen molar-refractivity contribution in [3.63, 3.8) is 0 Å². The van der Waals surface area contributed by atoms with E-state index in [-0.39, 0.29) is 29.1 Å². The molecule has 1 saturated heterocycles. The lowest BCUT2D eigenvalue weighted by Gasteiger charge is -2.32. The molecule has 0 saturated carbocycles. The first-order valence-corrected chi connectivity index (χ1v) is 14.6. The lowest BCUT2D eigenvalue weighted by atomic mass is 9.85. The molecule has 3 aromatic heterocycles. The molecule has 219 valence electrons. The minimum atomic E-state index is -0.317. The molecule has 6 rings (SSSR count). The minimum Gasteiger partial charge on any atom is -0.484 e. The molecule has 42 heavy (non-hydrogen) atoms.